The SMILES string of the molecule is NCCOc1cccc(-c2ncn[nH]2)c1. The molecule has 0 amide bonds. The van der Waals surface area contributed by atoms with E-state index in [1.54, 1.807) is 0 Å². The van der Waals surface area contributed by atoms with Crippen molar-refractivity contribution in [2.45, 2.75) is 0 Å². The van der Waals surface area contributed by atoms with Gasteiger partial charge in [-0.3, -0.25) is 5.10 Å². The minimum absolute atomic E-state index is 0.506. The van der Waals surface area contributed by atoms with E-state index in [0.29, 0.717) is 13.2 Å². The maximum Gasteiger partial charge on any atom is 0.155 e. The van der Waals surface area contributed by atoms with Crippen molar-refractivity contribution in [1.82, 2.24) is 15.2 Å². The second-order valence-electron chi connectivity index (χ2n) is 3.00. The maximum absolute atomic E-state index is 5.41. The highest BCUT2D eigenvalue weighted by Crippen LogP contribution is 2.19. The minimum atomic E-state index is 0.506. The van der Waals surface area contributed by atoms with Gasteiger partial charge in [-0.25, -0.2) is 4.98 Å². The molecule has 0 fully saturated rings. The van der Waals surface area contributed by atoms with E-state index in [9.17, 15) is 0 Å². The zero-order valence-corrected chi connectivity index (χ0v) is 8.18. The molecule has 2 aromatic rings. The van der Waals surface area contributed by atoms with Crippen LogP contribution in [0.4, 0.5) is 0 Å². The number of H-pyrrole nitrogens is 1. The van der Waals surface area contributed by atoms with Gasteiger partial charge in [0.05, 0.1) is 0 Å². The van der Waals surface area contributed by atoms with Crippen LogP contribution in [0, 0.1) is 0 Å². The Morgan fingerprint density at radius 3 is 3.07 bits per heavy atom. The van der Waals surface area contributed by atoms with Gasteiger partial charge in [-0.2, -0.15) is 5.10 Å². The molecule has 0 aliphatic heterocycles. The molecular weight excluding hydrogens is 192 g/mol. The lowest BCUT2D eigenvalue weighted by Gasteiger charge is -2.05. The Bertz CT molecular complexity index is 413. The largest absolute Gasteiger partial charge is 0.492 e. The Morgan fingerprint density at radius 1 is 1.40 bits per heavy atom. The number of nitrogens with two attached hydrogens (primary N) is 1. The summed E-state index contributed by atoms with van der Waals surface area (Å²) in [4.78, 5) is 4.06. The third kappa shape index (κ3) is 2.32. The Labute approximate surface area is 87.3 Å². The molecule has 0 radical (unpaired) electrons. The number of aromatic amines is 1. The molecule has 1 aromatic carbocycles. The number of hydrogen-bond donors (Lipinski definition) is 2. The molecular formula is C10H12N4O. The van der Waals surface area contributed by atoms with Crippen molar-refractivity contribution in [1.29, 1.82) is 0 Å². The predicted octanol–water partition coefficient (Wildman–Crippen LogP) is 0.809. The standard InChI is InChI=1S/C10H12N4O/c11-4-5-15-9-3-1-2-8(6-9)10-12-7-13-14-10/h1-3,6-7H,4-5,11H2,(H,12,13,14). The molecule has 0 aliphatic rings. The number of aromatic nitrogens is 3. The zero-order valence-electron chi connectivity index (χ0n) is 8.18. The van der Waals surface area contributed by atoms with Gasteiger partial charge in [-0.15, -0.1) is 0 Å². The summed E-state index contributed by atoms with van der Waals surface area (Å²) in [6, 6.07) is 7.63. The Balaban J connectivity index is 2.19. The first-order valence-corrected chi connectivity index (χ1v) is 4.69. The predicted molar refractivity (Wildman–Crippen MR) is 56.4 cm³/mol. The number of nitrogens with zero attached hydrogens (tertiary/aromatic N) is 2. The molecule has 5 heteroatoms. The molecule has 0 aliphatic carbocycles. The number of rotatable bonds is 4. The van der Waals surface area contributed by atoms with E-state index in [-0.39, 0.29) is 0 Å². The molecule has 1 heterocycles. The van der Waals surface area contributed by atoms with Gasteiger partial charge in [0.2, 0.25) is 0 Å². The van der Waals surface area contributed by atoms with E-state index >= 15 is 0 Å². The average molecular weight is 204 g/mol. The van der Waals surface area contributed by atoms with Gasteiger partial charge in [0.15, 0.2) is 5.82 Å². The van der Waals surface area contributed by atoms with Crippen molar-refractivity contribution in [2.75, 3.05) is 13.2 Å². The summed E-state index contributed by atoms with van der Waals surface area (Å²) >= 11 is 0. The van der Waals surface area contributed by atoms with Crippen LogP contribution in [0.15, 0.2) is 30.6 Å². The van der Waals surface area contributed by atoms with E-state index in [0.717, 1.165) is 17.1 Å². The maximum atomic E-state index is 5.41. The van der Waals surface area contributed by atoms with Crippen LogP contribution < -0.4 is 10.5 Å². The van der Waals surface area contributed by atoms with Crippen molar-refractivity contribution in [3.05, 3.63) is 30.6 Å². The molecule has 0 bridgehead atoms. The van der Waals surface area contributed by atoms with Gasteiger partial charge >= 0.3 is 0 Å². The van der Waals surface area contributed by atoms with Crippen LogP contribution in [0.3, 0.4) is 0 Å². The number of benzene rings is 1. The summed E-state index contributed by atoms with van der Waals surface area (Å²) in [5.41, 5.74) is 6.30. The molecule has 3 N–H and O–H groups in total. The Morgan fingerprint density at radius 2 is 2.33 bits per heavy atom. The van der Waals surface area contributed by atoms with Crippen LogP contribution in [0.1, 0.15) is 0 Å². The van der Waals surface area contributed by atoms with E-state index in [2.05, 4.69) is 15.2 Å². The number of nitrogens with one attached hydrogen (secondary N) is 1. The normalized spacial score (nSPS) is 10.2. The van der Waals surface area contributed by atoms with Crippen molar-refractivity contribution in [3.63, 3.8) is 0 Å². The number of ether oxygens (including phenoxy) is 1. The highest BCUT2D eigenvalue weighted by Gasteiger charge is 2.01. The van der Waals surface area contributed by atoms with Gasteiger partial charge in [-0.1, -0.05) is 12.1 Å². The van der Waals surface area contributed by atoms with Crippen LogP contribution in [-0.4, -0.2) is 28.3 Å². The summed E-state index contributed by atoms with van der Waals surface area (Å²) < 4.78 is 5.41. The molecule has 5 nitrogen and oxygen atoms in total. The van der Waals surface area contributed by atoms with Gasteiger partial charge in [0.25, 0.3) is 0 Å². The first-order chi connectivity index (χ1) is 7.40. The summed E-state index contributed by atoms with van der Waals surface area (Å²) in [5, 5.41) is 6.59. The van der Waals surface area contributed by atoms with Crippen molar-refractivity contribution in [2.24, 2.45) is 5.73 Å². The molecule has 78 valence electrons. The van der Waals surface area contributed by atoms with E-state index in [1.165, 1.54) is 6.33 Å². The van der Waals surface area contributed by atoms with Crippen LogP contribution in [0.5, 0.6) is 5.75 Å². The van der Waals surface area contributed by atoms with Gasteiger partial charge in [-0.05, 0) is 12.1 Å². The minimum Gasteiger partial charge on any atom is -0.492 e. The monoisotopic (exact) mass is 204 g/mol. The lowest BCUT2D eigenvalue weighted by atomic mass is 10.2. The summed E-state index contributed by atoms with van der Waals surface area (Å²) in [6.45, 7) is 1.02. The first-order valence-electron chi connectivity index (χ1n) is 4.69. The lowest BCUT2D eigenvalue weighted by molar-refractivity contribution is 0.328. The fourth-order valence-electron chi connectivity index (χ4n) is 1.25. The molecule has 2 rings (SSSR count). The summed E-state index contributed by atoms with van der Waals surface area (Å²) in [7, 11) is 0. The molecule has 15 heavy (non-hydrogen) atoms. The third-order valence-corrected chi connectivity index (χ3v) is 1.91. The molecule has 0 saturated heterocycles. The molecule has 0 spiro atoms. The van der Waals surface area contributed by atoms with E-state index in [1.807, 2.05) is 24.3 Å². The Hall–Kier alpha value is -1.88. The molecule has 0 atom stereocenters. The lowest BCUT2D eigenvalue weighted by Crippen LogP contribution is -2.10. The molecule has 0 unspecified atom stereocenters. The second kappa shape index (κ2) is 4.56. The van der Waals surface area contributed by atoms with Crippen LogP contribution in [0.25, 0.3) is 11.4 Å². The summed E-state index contributed by atoms with van der Waals surface area (Å²) in [5.74, 6) is 1.52. The number of hydrogen-bond acceptors (Lipinski definition) is 4. The van der Waals surface area contributed by atoms with Gasteiger partial charge in [0, 0.05) is 12.1 Å². The van der Waals surface area contributed by atoms with E-state index in [4.69, 9.17) is 10.5 Å². The quantitative estimate of drug-likeness (QED) is 0.772. The molecule has 1 aromatic heterocycles. The van der Waals surface area contributed by atoms with Crippen LogP contribution >= 0.6 is 0 Å². The first kappa shape index (κ1) is 9.67. The second-order valence-corrected chi connectivity index (χ2v) is 3.00. The van der Waals surface area contributed by atoms with Crippen molar-refractivity contribution in [3.8, 4) is 17.1 Å². The third-order valence-electron chi connectivity index (χ3n) is 1.91. The zero-order chi connectivity index (χ0) is 10.5. The average Bonchev–Trinajstić information content (AvgIpc) is 2.80. The van der Waals surface area contributed by atoms with E-state index < -0.39 is 0 Å². The van der Waals surface area contributed by atoms with Crippen molar-refractivity contribution >= 4 is 0 Å². The highest BCUT2D eigenvalue weighted by atomic mass is 16.5. The van der Waals surface area contributed by atoms with Crippen molar-refractivity contribution < 1.29 is 4.74 Å². The molecule has 0 saturated carbocycles. The van der Waals surface area contributed by atoms with Gasteiger partial charge < -0.3 is 10.5 Å². The highest BCUT2D eigenvalue weighted by molar-refractivity contribution is 5.56. The van der Waals surface area contributed by atoms with Gasteiger partial charge in [0.1, 0.15) is 18.7 Å². The fraction of sp³-hybridized carbons (Fsp3) is 0.200. The topological polar surface area (TPSA) is 76.8 Å². The Kier molecular flexibility index (Phi) is 2.94. The smallest absolute Gasteiger partial charge is 0.155 e. The summed E-state index contributed by atoms with van der Waals surface area (Å²) in [6.07, 6.45) is 1.47. The van der Waals surface area contributed by atoms with Crippen LogP contribution in [-0.2, 0) is 0 Å². The van der Waals surface area contributed by atoms with Crippen LogP contribution in [0.2, 0.25) is 0 Å². The fourth-order valence-corrected chi connectivity index (χ4v) is 1.25.